The predicted octanol–water partition coefficient (Wildman–Crippen LogP) is 4.20. The Morgan fingerprint density at radius 2 is 1.83 bits per heavy atom. The maximum atomic E-state index is 13.7. The number of nitrogens with zero attached hydrogens (tertiary/aromatic N) is 3. The van der Waals surface area contributed by atoms with E-state index in [0.29, 0.717) is 13.2 Å². The highest BCUT2D eigenvalue weighted by molar-refractivity contribution is 5.94. The van der Waals surface area contributed by atoms with Gasteiger partial charge in [0.2, 0.25) is 0 Å². The van der Waals surface area contributed by atoms with Crippen LogP contribution >= 0.6 is 0 Å². The van der Waals surface area contributed by atoms with Crippen molar-refractivity contribution in [3.63, 3.8) is 0 Å². The van der Waals surface area contributed by atoms with E-state index in [4.69, 9.17) is 14.2 Å². The first-order chi connectivity index (χ1) is 16.9. The number of carbonyl (C=O) groups is 1. The summed E-state index contributed by atoms with van der Waals surface area (Å²) in [6.45, 7) is -0.182. The molecule has 3 aromatic rings. The van der Waals surface area contributed by atoms with E-state index in [2.05, 4.69) is 4.98 Å². The van der Waals surface area contributed by atoms with E-state index in [1.54, 1.807) is 0 Å². The van der Waals surface area contributed by atoms with Crippen LogP contribution in [-0.4, -0.2) is 71.5 Å². The second-order valence-corrected chi connectivity index (χ2v) is 8.65. The molecule has 0 unspecified atom stereocenters. The Morgan fingerprint density at radius 3 is 2.50 bits per heavy atom. The van der Waals surface area contributed by atoms with Crippen LogP contribution in [0.15, 0.2) is 42.7 Å². The number of amides is 1. The number of imidazole rings is 1. The Balaban J connectivity index is 1.57. The molecule has 0 radical (unpaired) electrons. The Hall–Kier alpha value is -3.32. The molecule has 2 saturated heterocycles. The van der Waals surface area contributed by atoms with Crippen molar-refractivity contribution < 1.29 is 45.3 Å². The molecule has 2 aliphatic rings. The Kier molecular flexibility index (Phi) is 5.86. The summed E-state index contributed by atoms with van der Waals surface area (Å²) < 4.78 is 96.1. The summed E-state index contributed by atoms with van der Waals surface area (Å²) in [7, 11) is 0. The fourth-order valence-corrected chi connectivity index (χ4v) is 4.21. The monoisotopic (exact) mass is 515 g/mol. The Labute approximate surface area is 200 Å². The molecule has 4 heterocycles. The Morgan fingerprint density at radius 1 is 1.08 bits per heavy atom. The highest BCUT2D eigenvalue weighted by Gasteiger charge is 2.45. The molecule has 13 heteroatoms. The van der Waals surface area contributed by atoms with E-state index in [0.717, 1.165) is 16.7 Å². The van der Waals surface area contributed by atoms with Gasteiger partial charge in [0, 0.05) is 30.1 Å². The normalized spacial score (nSPS) is 17.9. The molecular weight excluding hydrogens is 496 g/mol. The minimum Gasteiger partial charge on any atom is -0.483 e. The van der Waals surface area contributed by atoms with Crippen LogP contribution < -0.4 is 4.74 Å². The number of halogens is 6. The highest BCUT2D eigenvalue weighted by Crippen LogP contribution is 2.38. The van der Waals surface area contributed by atoms with Crippen molar-refractivity contribution in [1.29, 1.82) is 0 Å². The van der Waals surface area contributed by atoms with Crippen molar-refractivity contribution in [2.45, 2.75) is 18.0 Å². The molecule has 2 fully saturated rings. The Bertz CT molecular complexity index is 1300. The number of hydrogen-bond acceptors (Lipinski definition) is 5. The first-order valence-electron chi connectivity index (χ1n) is 10.8. The summed E-state index contributed by atoms with van der Waals surface area (Å²) in [6, 6.07) is 6.19. The number of ether oxygens (including phenoxy) is 3. The van der Waals surface area contributed by atoms with Crippen LogP contribution in [0.5, 0.6) is 5.75 Å². The van der Waals surface area contributed by atoms with Gasteiger partial charge in [-0.1, -0.05) is 18.2 Å². The molecule has 36 heavy (non-hydrogen) atoms. The summed E-state index contributed by atoms with van der Waals surface area (Å²) in [6.07, 6.45) is -7.46. The van der Waals surface area contributed by atoms with E-state index in [1.807, 2.05) is 0 Å². The summed E-state index contributed by atoms with van der Waals surface area (Å²) in [5, 5.41) is 0. The fraction of sp³-hybridized carbons (Fsp3) is 0.391. The summed E-state index contributed by atoms with van der Waals surface area (Å²) >= 11 is 0. The van der Waals surface area contributed by atoms with Crippen LogP contribution in [-0.2, 0) is 15.7 Å². The zero-order valence-corrected chi connectivity index (χ0v) is 18.5. The first kappa shape index (κ1) is 24.4. The van der Waals surface area contributed by atoms with Crippen LogP contribution in [0, 0.1) is 0 Å². The van der Waals surface area contributed by atoms with E-state index >= 15 is 0 Å². The predicted molar refractivity (Wildman–Crippen MR) is 113 cm³/mol. The van der Waals surface area contributed by atoms with Crippen LogP contribution in [0.2, 0.25) is 0 Å². The number of rotatable bonds is 4. The molecule has 2 aliphatic heterocycles. The van der Waals surface area contributed by atoms with E-state index < -0.39 is 36.0 Å². The fourth-order valence-electron chi connectivity index (χ4n) is 4.21. The highest BCUT2D eigenvalue weighted by atomic mass is 19.4. The van der Waals surface area contributed by atoms with Gasteiger partial charge in [0.05, 0.1) is 31.9 Å². The van der Waals surface area contributed by atoms with Crippen LogP contribution in [0.1, 0.15) is 16.1 Å². The van der Waals surface area contributed by atoms with Crippen molar-refractivity contribution >= 4 is 11.6 Å². The average Bonchev–Trinajstić information content (AvgIpc) is 3.24. The number of hydrogen-bond donors (Lipinski definition) is 0. The lowest BCUT2D eigenvalue weighted by molar-refractivity contribution is -0.232. The minimum atomic E-state index is -4.76. The van der Waals surface area contributed by atoms with Gasteiger partial charge in [0.1, 0.15) is 22.7 Å². The van der Waals surface area contributed by atoms with Crippen molar-refractivity contribution in [3.8, 4) is 16.9 Å². The second-order valence-electron chi connectivity index (χ2n) is 8.65. The average molecular weight is 515 g/mol. The number of benzene rings is 1. The van der Waals surface area contributed by atoms with Gasteiger partial charge in [-0.2, -0.15) is 26.3 Å². The minimum absolute atomic E-state index is 0.0283. The van der Waals surface area contributed by atoms with Gasteiger partial charge in [-0.05, 0) is 12.1 Å². The third-order valence-electron chi connectivity index (χ3n) is 5.93. The largest absolute Gasteiger partial charge is 0.483 e. The van der Waals surface area contributed by atoms with Gasteiger partial charge < -0.3 is 23.5 Å². The van der Waals surface area contributed by atoms with E-state index in [-0.39, 0.29) is 47.9 Å². The second kappa shape index (κ2) is 8.66. The summed E-state index contributed by atoms with van der Waals surface area (Å²) in [5.74, 6) is -0.776. The number of morpholine rings is 1. The maximum Gasteiger partial charge on any atom is 0.422 e. The van der Waals surface area contributed by atoms with Crippen LogP contribution in [0.25, 0.3) is 16.8 Å². The lowest BCUT2D eigenvalue weighted by Gasteiger charge is -2.47. The smallest absolute Gasteiger partial charge is 0.422 e. The molecule has 2 aromatic heterocycles. The van der Waals surface area contributed by atoms with Crippen molar-refractivity contribution in [2.75, 3.05) is 39.5 Å². The topological polar surface area (TPSA) is 65.3 Å². The third-order valence-corrected chi connectivity index (χ3v) is 5.93. The third kappa shape index (κ3) is 4.72. The zero-order chi connectivity index (χ0) is 25.7. The van der Waals surface area contributed by atoms with Gasteiger partial charge in [-0.15, -0.1) is 0 Å². The first-order valence-corrected chi connectivity index (χ1v) is 10.8. The van der Waals surface area contributed by atoms with E-state index in [1.165, 1.54) is 35.4 Å². The number of carbonyl (C=O) groups excluding carboxylic acids is 1. The number of alkyl halides is 6. The van der Waals surface area contributed by atoms with E-state index in [9.17, 15) is 31.1 Å². The van der Waals surface area contributed by atoms with Crippen molar-refractivity contribution in [2.24, 2.45) is 0 Å². The van der Waals surface area contributed by atoms with Crippen LogP contribution in [0.4, 0.5) is 26.3 Å². The molecule has 0 bridgehead atoms. The quantitative estimate of drug-likeness (QED) is 0.488. The molecule has 5 rings (SSSR count). The van der Waals surface area contributed by atoms with Gasteiger partial charge in [-0.25, -0.2) is 4.98 Å². The number of pyridine rings is 1. The van der Waals surface area contributed by atoms with Gasteiger partial charge in [-0.3, -0.25) is 4.79 Å². The van der Waals surface area contributed by atoms with Crippen LogP contribution in [0.3, 0.4) is 0 Å². The number of para-hydroxylation sites is 1. The molecular formula is C23H19F6N3O4. The molecule has 0 saturated carbocycles. The number of aromatic nitrogens is 2. The molecule has 1 amide bonds. The standard InChI is InChI=1S/C23H19F6N3O4/c24-22(25,26)13-35-18-4-2-1-3-15(18)16-7-14(23(27,28)29)8-32-9-17(30-19(16)32)20(33)31-5-6-36-21(10-31)11-34-12-21/h1-4,7-9H,5-6,10-13H2. The van der Waals surface area contributed by atoms with Gasteiger partial charge >= 0.3 is 12.4 Å². The molecule has 1 aromatic carbocycles. The molecule has 0 aliphatic carbocycles. The zero-order valence-electron chi connectivity index (χ0n) is 18.5. The van der Waals surface area contributed by atoms with Crippen molar-refractivity contribution in [1.82, 2.24) is 14.3 Å². The summed E-state index contributed by atoms with van der Waals surface area (Å²) in [5.41, 5.74) is -1.97. The maximum absolute atomic E-state index is 13.7. The SMILES string of the molecule is O=C(c1cn2cc(C(F)(F)F)cc(-c3ccccc3OCC(F)(F)F)c2n1)N1CCOC2(COC2)C1. The lowest BCUT2D eigenvalue weighted by atomic mass is 9.99. The molecule has 0 N–H and O–H groups in total. The summed E-state index contributed by atoms with van der Waals surface area (Å²) in [4.78, 5) is 19.0. The van der Waals surface area contributed by atoms with Crippen molar-refractivity contribution in [3.05, 3.63) is 54.0 Å². The number of fused-ring (bicyclic) bond motifs is 1. The lowest BCUT2D eigenvalue weighted by Crippen LogP contribution is -2.63. The molecule has 0 atom stereocenters. The van der Waals surface area contributed by atoms with Gasteiger partial charge in [0.15, 0.2) is 6.61 Å². The van der Waals surface area contributed by atoms with Gasteiger partial charge in [0.25, 0.3) is 5.91 Å². The molecule has 7 nitrogen and oxygen atoms in total. The molecule has 1 spiro atoms. The molecule has 192 valence electrons.